The lowest BCUT2D eigenvalue weighted by molar-refractivity contribution is -0.139. The van der Waals surface area contributed by atoms with Crippen LogP contribution in [-0.2, 0) is 35.5 Å². The van der Waals surface area contributed by atoms with E-state index in [1.54, 1.807) is 41.4 Å². The van der Waals surface area contributed by atoms with Crippen LogP contribution in [0.3, 0.4) is 0 Å². The zero-order chi connectivity index (χ0) is 25.3. The van der Waals surface area contributed by atoms with Gasteiger partial charge in [0.25, 0.3) is 5.91 Å². The fourth-order valence-electron chi connectivity index (χ4n) is 3.74. The van der Waals surface area contributed by atoms with Crippen molar-refractivity contribution in [1.29, 1.82) is 0 Å². The molecule has 3 aromatic rings. The Morgan fingerprint density at radius 1 is 1.17 bits per heavy atom. The summed E-state index contributed by atoms with van der Waals surface area (Å²) in [7, 11) is 0. The Morgan fingerprint density at radius 2 is 2.00 bits per heavy atom. The van der Waals surface area contributed by atoms with E-state index < -0.39 is 24.0 Å². The van der Waals surface area contributed by atoms with Gasteiger partial charge in [-0.1, -0.05) is 36.4 Å². The van der Waals surface area contributed by atoms with Gasteiger partial charge in [-0.25, -0.2) is 19.6 Å². The number of carbonyl (C=O) groups is 3. The lowest BCUT2D eigenvalue weighted by Crippen LogP contribution is -2.48. The Morgan fingerprint density at radius 3 is 2.81 bits per heavy atom. The van der Waals surface area contributed by atoms with Crippen molar-refractivity contribution in [2.75, 3.05) is 18.4 Å². The Balaban J connectivity index is 1.24. The maximum atomic E-state index is 12.5. The third-order valence-electron chi connectivity index (χ3n) is 5.71. The third kappa shape index (κ3) is 6.81. The van der Waals surface area contributed by atoms with Gasteiger partial charge in [0.1, 0.15) is 24.2 Å². The number of hydrogen-bond acceptors (Lipinski definition) is 7. The molecule has 0 fully saturated rings. The molecule has 0 spiro atoms. The van der Waals surface area contributed by atoms with Gasteiger partial charge < -0.3 is 30.4 Å². The number of carboxylic acids is 1. The summed E-state index contributed by atoms with van der Waals surface area (Å²) in [6, 6.07) is 11.7. The van der Waals surface area contributed by atoms with Gasteiger partial charge >= 0.3 is 12.1 Å². The number of carboxylic acid groups (broad SMARTS) is 1. The number of rotatable bonds is 10. The molecule has 0 aliphatic carbocycles. The minimum absolute atomic E-state index is 0.000293. The van der Waals surface area contributed by atoms with E-state index in [1.165, 1.54) is 5.56 Å². The van der Waals surface area contributed by atoms with Gasteiger partial charge in [0.15, 0.2) is 0 Å². The number of ether oxygens (including phenoxy) is 1. The monoisotopic (exact) mass is 492 g/mol. The number of benzene rings is 1. The first-order chi connectivity index (χ1) is 17.5. The standard InChI is InChI=1S/C25H28N6O5/c32-23(27-13-20(24(33)34)30-25(35)36-15-17-5-2-1-3-6-17)21-14-31(16-28-21)12-10-19-9-8-18-7-4-11-26-22(18)29-19/h1-3,5-6,8-9,14,16,20H,4,7,10-13,15H2,(H,26,29)(H,27,32)(H,30,35)(H,33,34). The molecule has 1 atom stereocenters. The average Bonchev–Trinajstić information content (AvgIpc) is 3.38. The molecule has 0 radical (unpaired) electrons. The topological polar surface area (TPSA) is 147 Å². The predicted octanol–water partition coefficient (Wildman–Crippen LogP) is 1.99. The van der Waals surface area contributed by atoms with E-state index in [9.17, 15) is 19.5 Å². The number of nitrogens with zero attached hydrogens (tertiary/aromatic N) is 3. The predicted molar refractivity (Wildman–Crippen MR) is 130 cm³/mol. The van der Waals surface area contributed by atoms with Crippen LogP contribution in [0.4, 0.5) is 10.6 Å². The first-order valence-electron chi connectivity index (χ1n) is 11.7. The number of fused-ring (bicyclic) bond motifs is 1. The fourth-order valence-corrected chi connectivity index (χ4v) is 3.74. The third-order valence-corrected chi connectivity index (χ3v) is 5.71. The van der Waals surface area contributed by atoms with Crippen LogP contribution in [0, 0.1) is 0 Å². The largest absolute Gasteiger partial charge is 0.480 e. The Bertz CT molecular complexity index is 1210. The molecule has 4 rings (SSSR count). The number of carbonyl (C=O) groups excluding carboxylic acids is 2. The number of aromatic nitrogens is 3. The van der Waals surface area contributed by atoms with Crippen LogP contribution in [0.1, 0.15) is 33.7 Å². The molecule has 11 nitrogen and oxygen atoms in total. The minimum atomic E-state index is -1.36. The summed E-state index contributed by atoms with van der Waals surface area (Å²) < 4.78 is 6.82. The molecule has 2 amide bonds. The quantitative estimate of drug-likeness (QED) is 0.336. The molecule has 1 aliphatic rings. The summed E-state index contributed by atoms with van der Waals surface area (Å²) in [6.07, 6.45) is 5.04. The first-order valence-corrected chi connectivity index (χ1v) is 11.7. The van der Waals surface area contributed by atoms with Crippen molar-refractivity contribution in [2.24, 2.45) is 0 Å². The van der Waals surface area contributed by atoms with Crippen molar-refractivity contribution in [1.82, 2.24) is 25.2 Å². The summed E-state index contributed by atoms with van der Waals surface area (Å²) in [6.45, 7) is 1.18. The first kappa shape index (κ1) is 24.7. The van der Waals surface area contributed by atoms with E-state index in [2.05, 4.69) is 32.0 Å². The number of amides is 2. The van der Waals surface area contributed by atoms with E-state index >= 15 is 0 Å². The van der Waals surface area contributed by atoms with Gasteiger partial charge in [-0.15, -0.1) is 0 Å². The van der Waals surface area contributed by atoms with Crippen molar-refractivity contribution < 1.29 is 24.2 Å². The van der Waals surface area contributed by atoms with Crippen molar-refractivity contribution in [2.45, 2.75) is 38.5 Å². The molecule has 0 bridgehead atoms. The highest BCUT2D eigenvalue weighted by molar-refractivity contribution is 5.92. The van der Waals surface area contributed by atoms with Crippen LogP contribution in [0.25, 0.3) is 0 Å². The van der Waals surface area contributed by atoms with Gasteiger partial charge in [-0.3, -0.25) is 4.79 Å². The summed E-state index contributed by atoms with van der Waals surface area (Å²) in [5.74, 6) is -0.907. The highest BCUT2D eigenvalue weighted by Crippen LogP contribution is 2.20. The lowest BCUT2D eigenvalue weighted by Gasteiger charge is -2.17. The number of anilines is 1. The van der Waals surface area contributed by atoms with Crippen LogP contribution in [-0.4, -0.2) is 56.7 Å². The molecule has 188 valence electrons. The van der Waals surface area contributed by atoms with E-state index in [4.69, 9.17) is 4.74 Å². The second kappa shape index (κ2) is 11.8. The highest BCUT2D eigenvalue weighted by Gasteiger charge is 2.22. The Hall–Kier alpha value is -4.41. The lowest BCUT2D eigenvalue weighted by atomic mass is 10.1. The van der Waals surface area contributed by atoms with E-state index in [1.807, 2.05) is 12.1 Å². The number of pyridine rings is 1. The number of aliphatic carboxylic acids is 1. The van der Waals surface area contributed by atoms with E-state index in [0.29, 0.717) is 13.0 Å². The number of hydrogen-bond donors (Lipinski definition) is 4. The molecule has 1 unspecified atom stereocenters. The average molecular weight is 493 g/mol. The van der Waals surface area contributed by atoms with Crippen LogP contribution in [0.15, 0.2) is 55.0 Å². The molecule has 0 saturated carbocycles. The number of imidazole rings is 1. The van der Waals surface area contributed by atoms with Gasteiger partial charge in [-0.05, 0) is 30.0 Å². The van der Waals surface area contributed by atoms with Crippen molar-refractivity contribution in [3.63, 3.8) is 0 Å². The highest BCUT2D eigenvalue weighted by atomic mass is 16.5. The normalized spacial score (nSPS) is 13.1. The summed E-state index contributed by atoms with van der Waals surface area (Å²) in [5.41, 5.74) is 3.08. The Labute approximate surface area is 207 Å². The zero-order valence-electron chi connectivity index (χ0n) is 19.6. The summed E-state index contributed by atoms with van der Waals surface area (Å²) in [4.78, 5) is 44.7. The number of alkyl carbamates (subject to hydrolysis) is 1. The summed E-state index contributed by atoms with van der Waals surface area (Å²) in [5, 5.41) is 17.5. The number of aryl methyl sites for hydroxylation is 3. The molecule has 3 heterocycles. The van der Waals surface area contributed by atoms with Crippen molar-refractivity contribution in [3.8, 4) is 0 Å². The van der Waals surface area contributed by atoms with E-state index in [0.717, 1.165) is 36.5 Å². The minimum Gasteiger partial charge on any atom is -0.480 e. The molecule has 1 aromatic carbocycles. The van der Waals surface area contributed by atoms with Crippen LogP contribution in [0.2, 0.25) is 0 Å². The van der Waals surface area contributed by atoms with Gasteiger partial charge in [-0.2, -0.15) is 0 Å². The van der Waals surface area contributed by atoms with Crippen LogP contribution in [0.5, 0.6) is 0 Å². The second-order valence-electron chi connectivity index (χ2n) is 8.39. The van der Waals surface area contributed by atoms with Gasteiger partial charge in [0.05, 0.1) is 6.33 Å². The molecule has 0 saturated heterocycles. The number of nitrogens with one attached hydrogen (secondary N) is 3. The Kier molecular flexibility index (Phi) is 8.12. The molecular formula is C25H28N6O5. The maximum absolute atomic E-state index is 12.5. The molecule has 2 aromatic heterocycles. The molecule has 36 heavy (non-hydrogen) atoms. The second-order valence-corrected chi connectivity index (χ2v) is 8.39. The zero-order valence-corrected chi connectivity index (χ0v) is 19.6. The van der Waals surface area contributed by atoms with Crippen molar-refractivity contribution >= 4 is 23.8 Å². The SMILES string of the molecule is O=C(NC(CNC(=O)c1cn(CCc2ccc3c(n2)NCCC3)cn1)C(=O)O)OCc1ccccc1. The molecule has 4 N–H and O–H groups in total. The maximum Gasteiger partial charge on any atom is 0.408 e. The van der Waals surface area contributed by atoms with Crippen LogP contribution < -0.4 is 16.0 Å². The van der Waals surface area contributed by atoms with Gasteiger partial charge in [0, 0.05) is 37.9 Å². The smallest absolute Gasteiger partial charge is 0.408 e. The molecular weight excluding hydrogens is 464 g/mol. The molecule has 11 heteroatoms. The van der Waals surface area contributed by atoms with Crippen molar-refractivity contribution in [3.05, 3.63) is 77.5 Å². The van der Waals surface area contributed by atoms with Gasteiger partial charge in [0.2, 0.25) is 0 Å². The molecule has 1 aliphatic heterocycles. The van der Waals surface area contributed by atoms with E-state index in [-0.39, 0.29) is 18.8 Å². The fraction of sp³-hybridized carbons (Fsp3) is 0.320. The summed E-state index contributed by atoms with van der Waals surface area (Å²) >= 11 is 0. The van der Waals surface area contributed by atoms with Crippen LogP contribution >= 0.6 is 0 Å².